The summed E-state index contributed by atoms with van der Waals surface area (Å²) in [5.74, 6) is 6.05. The number of hydrogen-bond donors (Lipinski definition) is 2. The van der Waals surface area contributed by atoms with Crippen molar-refractivity contribution in [2.45, 2.75) is 39.2 Å². The van der Waals surface area contributed by atoms with Gasteiger partial charge in [0.1, 0.15) is 0 Å². The van der Waals surface area contributed by atoms with Gasteiger partial charge in [-0.2, -0.15) is 0 Å². The molecule has 0 radical (unpaired) electrons. The van der Waals surface area contributed by atoms with E-state index in [1.54, 1.807) is 6.07 Å². The van der Waals surface area contributed by atoms with Crippen molar-refractivity contribution in [1.29, 1.82) is 0 Å². The molecular formula is C14H23FN2O. The molecular weight excluding hydrogens is 231 g/mol. The Bertz CT molecular complexity index is 367. The fraction of sp³-hybridized carbons (Fsp3) is 0.571. The molecule has 1 rings (SSSR count). The monoisotopic (exact) mass is 254 g/mol. The number of rotatable bonds is 7. The van der Waals surface area contributed by atoms with E-state index in [1.165, 1.54) is 13.2 Å². The number of ether oxygens (including phenoxy) is 1. The standard InChI is InChI=1S/C14H23FN2O/c1-4-11(5-2)13(17-16)9-10-6-7-14(18-3)12(15)8-10/h6-8,11,13,17H,4-5,9,16H2,1-3H3. The van der Waals surface area contributed by atoms with Crippen molar-refractivity contribution in [2.24, 2.45) is 11.8 Å². The van der Waals surface area contributed by atoms with Gasteiger partial charge in [-0.25, -0.2) is 4.39 Å². The molecule has 4 heteroatoms. The van der Waals surface area contributed by atoms with Crippen LogP contribution < -0.4 is 16.0 Å². The first-order valence-electron chi connectivity index (χ1n) is 6.44. The molecule has 1 aromatic carbocycles. The second kappa shape index (κ2) is 7.34. The summed E-state index contributed by atoms with van der Waals surface area (Å²) < 4.78 is 18.5. The lowest BCUT2D eigenvalue weighted by atomic mass is 9.90. The van der Waals surface area contributed by atoms with E-state index in [0.717, 1.165) is 24.8 Å². The molecule has 3 nitrogen and oxygen atoms in total. The van der Waals surface area contributed by atoms with E-state index in [4.69, 9.17) is 10.6 Å². The average molecular weight is 254 g/mol. The third-order valence-electron chi connectivity index (χ3n) is 3.50. The van der Waals surface area contributed by atoms with Crippen molar-refractivity contribution in [3.63, 3.8) is 0 Å². The minimum atomic E-state index is -0.324. The van der Waals surface area contributed by atoms with Crippen LogP contribution in [0.2, 0.25) is 0 Å². The maximum atomic E-state index is 13.6. The Labute approximate surface area is 108 Å². The van der Waals surface area contributed by atoms with Gasteiger partial charge < -0.3 is 4.74 Å². The Balaban J connectivity index is 2.78. The number of hydrogen-bond acceptors (Lipinski definition) is 3. The Morgan fingerprint density at radius 2 is 2.00 bits per heavy atom. The smallest absolute Gasteiger partial charge is 0.165 e. The van der Waals surface area contributed by atoms with Gasteiger partial charge in [0.15, 0.2) is 11.6 Å². The maximum absolute atomic E-state index is 13.6. The lowest BCUT2D eigenvalue weighted by Gasteiger charge is -2.24. The molecule has 3 N–H and O–H groups in total. The van der Waals surface area contributed by atoms with Gasteiger partial charge in [-0.05, 0) is 30.0 Å². The molecule has 0 spiro atoms. The lowest BCUT2D eigenvalue weighted by Crippen LogP contribution is -2.42. The molecule has 1 unspecified atom stereocenters. The zero-order chi connectivity index (χ0) is 13.5. The molecule has 0 aliphatic heterocycles. The molecule has 0 bridgehead atoms. The van der Waals surface area contributed by atoms with Gasteiger partial charge in [0.05, 0.1) is 7.11 Å². The lowest BCUT2D eigenvalue weighted by molar-refractivity contribution is 0.335. The van der Waals surface area contributed by atoms with Gasteiger partial charge in [0, 0.05) is 6.04 Å². The van der Waals surface area contributed by atoms with Crippen molar-refractivity contribution in [2.75, 3.05) is 7.11 Å². The summed E-state index contributed by atoms with van der Waals surface area (Å²) in [6.07, 6.45) is 2.85. The van der Waals surface area contributed by atoms with Crippen LogP contribution in [0.4, 0.5) is 4.39 Å². The number of benzene rings is 1. The maximum Gasteiger partial charge on any atom is 0.165 e. The van der Waals surface area contributed by atoms with Crippen LogP contribution in [0.1, 0.15) is 32.3 Å². The number of nitrogens with one attached hydrogen (secondary N) is 1. The van der Waals surface area contributed by atoms with Crippen LogP contribution in [0.5, 0.6) is 5.75 Å². The highest BCUT2D eigenvalue weighted by Crippen LogP contribution is 2.21. The highest BCUT2D eigenvalue weighted by molar-refractivity contribution is 5.29. The van der Waals surface area contributed by atoms with Crippen LogP contribution in [0.25, 0.3) is 0 Å². The van der Waals surface area contributed by atoms with Gasteiger partial charge in [0.2, 0.25) is 0 Å². The highest BCUT2D eigenvalue weighted by atomic mass is 19.1. The highest BCUT2D eigenvalue weighted by Gasteiger charge is 2.18. The Kier molecular flexibility index (Phi) is 6.09. The van der Waals surface area contributed by atoms with Crippen molar-refractivity contribution in [3.8, 4) is 5.75 Å². The normalized spacial score (nSPS) is 12.8. The molecule has 1 aromatic rings. The van der Waals surface area contributed by atoms with E-state index in [-0.39, 0.29) is 17.6 Å². The summed E-state index contributed by atoms with van der Waals surface area (Å²) in [5.41, 5.74) is 3.78. The largest absolute Gasteiger partial charge is 0.494 e. The molecule has 1 atom stereocenters. The molecule has 0 heterocycles. The minimum absolute atomic E-state index is 0.174. The zero-order valence-electron chi connectivity index (χ0n) is 11.4. The summed E-state index contributed by atoms with van der Waals surface area (Å²) in [7, 11) is 1.46. The fourth-order valence-electron chi connectivity index (χ4n) is 2.31. The number of halogens is 1. The van der Waals surface area contributed by atoms with Crippen LogP contribution >= 0.6 is 0 Å². The number of methoxy groups -OCH3 is 1. The Hall–Kier alpha value is -1.13. The number of nitrogens with two attached hydrogens (primary N) is 1. The number of hydrazine groups is 1. The fourth-order valence-corrected chi connectivity index (χ4v) is 2.31. The molecule has 0 amide bonds. The molecule has 0 fully saturated rings. The summed E-state index contributed by atoms with van der Waals surface area (Å²) in [6.45, 7) is 4.29. The van der Waals surface area contributed by atoms with Crippen LogP contribution in [0.3, 0.4) is 0 Å². The summed E-state index contributed by atoms with van der Waals surface area (Å²) in [5, 5.41) is 0. The van der Waals surface area contributed by atoms with Crippen LogP contribution in [0, 0.1) is 11.7 Å². The predicted molar refractivity (Wildman–Crippen MR) is 71.8 cm³/mol. The Morgan fingerprint density at radius 3 is 2.44 bits per heavy atom. The molecule has 0 saturated carbocycles. The summed E-state index contributed by atoms with van der Waals surface area (Å²) in [4.78, 5) is 0. The molecule has 0 aromatic heterocycles. The van der Waals surface area contributed by atoms with Gasteiger partial charge in [-0.1, -0.05) is 32.8 Å². The van der Waals surface area contributed by atoms with E-state index in [2.05, 4.69) is 19.3 Å². The summed E-state index contributed by atoms with van der Waals surface area (Å²) in [6, 6.07) is 5.23. The van der Waals surface area contributed by atoms with Crippen LogP contribution in [-0.2, 0) is 6.42 Å². The van der Waals surface area contributed by atoms with E-state index in [0.29, 0.717) is 5.92 Å². The van der Waals surface area contributed by atoms with Crippen molar-refractivity contribution in [1.82, 2.24) is 5.43 Å². The molecule has 102 valence electrons. The average Bonchev–Trinajstić information content (AvgIpc) is 2.39. The first kappa shape index (κ1) is 14.9. The first-order valence-corrected chi connectivity index (χ1v) is 6.44. The molecule has 0 aliphatic rings. The van der Waals surface area contributed by atoms with Gasteiger partial charge in [-0.15, -0.1) is 0 Å². The van der Waals surface area contributed by atoms with E-state index < -0.39 is 0 Å². The first-order chi connectivity index (χ1) is 8.65. The SMILES string of the molecule is CCC(CC)C(Cc1ccc(OC)c(F)c1)NN. The van der Waals surface area contributed by atoms with Crippen molar-refractivity contribution >= 4 is 0 Å². The van der Waals surface area contributed by atoms with Crippen LogP contribution in [0.15, 0.2) is 18.2 Å². The second-order valence-corrected chi connectivity index (χ2v) is 4.52. The Morgan fingerprint density at radius 1 is 1.33 bits per heavy atom. The molecule has 18 heavy (non-hydrogen) atoms. The van der Waals surface area contributed by atoms with Crippen molar-refractivity contribution in [3.05, 3.63) is 29.6 Å². The second-order valence-electron chi connectivity index (χ2n) is 4.52. The molecule has 0 aliphatic carbocycles. The summed E-state index contributed by atoms with van der Waals surface area (Å²) >= 11 is 0. The van der Waals surface area contributed by atoms with E-state index in [9.17, 15) is 4.39 Å². The van der Waals surface area contributed by atoms with Crippen molar-refractivity contribution < 1.29 is 9.13 Å². The minimum Gasteiger partial charge on any atom is -0.494 e. The van der Waals surface area contributed by atoms with Crippen LogP contribution in [-0.4, -0.2) is 13.2 Å². The van der Waals surface area contributed by atoms with E-state index in [1.807, 2.05) is 6.07 Å². The van der Waals surface area contributed by atoms with Gasteiger partial charge in [0.25, 0.3) is 0 Å². The zero-order valence-corrected chi connectivity index (χ0v) is 11.4. The third-order valence-corrected chi connectivity index (χ3v) is 3.50. The van der Waals surface area contributed by atoms with E-state index >= 15 is 0 Å². The third kappa shape index (κ3) is 3.68. The quantitative estimate of drug-likeness (QED) is 0.581. The topological polar surface area (TPSA) is 47.3 Å². The van der Waals surface area contributed by atoms with Gasteiger partial charge in [-0.3, -0.25) is 11.3 Å². The van der Waals surface area contributed by atoms with Gasteiger partial charge >= 0.3 is 0 Å². The molecule has 0 saturated heterocycles. The predicted octanol–water partition coefficient (Wildman–Crippen LogP) is 2.64.